The van der Waals surface area contributed by atoms with Crippen molar-refractivity contribution in [3.8, 4) is 0 Å². The molecule has 2 aliphatic heterocycles. The molecule has 28 heavy (non-hydrogen) atoms. The summed E-state index contributed by atoms with van der Waals surface area (Å²) in [5, 5.41) is 3.25. The minimum atomic E-state index is -3.47. The van der Waals surface area contributed by atoms with E-state index in [2.05, 4.69) is 19.2 Å². The average Bonchev–Trinajstić information content (AvgIpc) is 2.63. The highest BCUT2D eigenvalue weighted by atomic mass is 32.2. The van der Waals surface area contributed by atoms with Gasteiger partial charge in [0.2, 0.25) is 5.91 Å². The summed E-state index contributed by atoms with van der Waals surface area (Å²) in [5.41, 5.74) is 0. The molecule has 0 aromatic rings. The van der Waals surface area contributed by atoms with E-state index < -0.39 is 10.2 Å². The Kier molecular flexibility index (Phi) is 7.79. The number of hydrogen-bond acceptors (Lipinski definition) is 3. The minimum Gasteiger partial charge on any atom is -0.353 e. The molecule has 1 amide bonds. The van der Waals surface area contributed by atoms with Crippen LogP contribution in [-0.4, -0.2) is 55.2 Å². The highest BCUT2D eigenvalue weighted by Gasteiger charge is 2.38. The van der Waals surface area contributed by atoms with Gasteiger partial charge in [-0.3, -0.25) is 4.79 Å². The van der Waals surface area contributed by atoms with E-state index in [1.54, 1.807) is 8.61 Å². The van der Waals surface area contributed by atoms with Crippen molar-refractivity contribution in [2.45, 2.75) is 84.1 Å². The Balaban J connectivity index is 1.58. The first-order valence-electron chi connectivity index (χ1n) is 11.4. The van der Waals surface area contributed by atoms with Crippen LogP contribution in [0.2, 0.25) is 0 Å². The van der Waals surface area contributed by atoms with E-state index in [0.717, 1.165) is 32.1 Å². The fourth-order valence-electron chi connectivity index (χ4n) is 5.24. The van der Waals surface area contributed by atoms with Gasteiger partial charge in [-0.15, -0.1) is 0 Å². The number of piperidine rings is 2. The SMILES string of the molecule is C[C@@H]1C[C@H](C)CN(S(=O)(=O)N2CCC[C@H](C(=O)NC3CCCCCCC3)C2)C1. The van der Waals surface area contributed by atoms with Gasteiger partial charge < -0.3 is 5.32 Å². The zero-order chi connectivity index (χ0) is 20.1. The van der Waals surface area contributed by atoms with Gasteiger partial charge in [-0.1, -0.05) is 46.0 Å². The van der Waals surface area contributed by atoms with E-state index in [1.807, 2.05) is 0 Å². The molecule has 1 saturated carbocycles. The lowest BCUT2D eigenvalue weighted by Crippen LogP contribution is -2.54. The van der Waals surface area contributed by atoms with Crippen molar-refractivity contribution < 1.29 is 13.2 Å². The van der Waals surface area contributed by atoms with Gasteiger partial charge >= 0.3 is 0 Å². The van der Waals surface area contributed by atoms with Gasteiger partial charge in [0, 0.05) is 32.2 Å². The second kappa shape index (κ2) is 9.90. The van der Waals surface area contributed by atoms with Gasteiger partial charge in [0.1, 0.15) is 0 Å². The predicted octanol–water partition coefficient (Wildman–Crippen LogP) is 3.15. The van der Waals surface area contributed by atoms with E-state index in [1.165, 1.54) is 32.1 Å². The van der Waals surface area contributed by atoms with E-state index in [-0.39, 0.29) is 17.9 Å². The second-order valence-electron chi connectivity index (χ2n) is 9.52. The van der Waals surface area contributed by atoms with E-state index in [9.17, 15) is 13.2 Å². The standard InChI is InChI=1S/C21H39N3O3S/c1-17-13-18(2)15-24(14-17)28(26,27)23-12-8-9-19(16-23)21(25)22-20-10-6-4-3-5-7-11-20/h17-20H,3-16H2,1-2H3,(H,22,25)/t17-,18+,19-/m0/s1. The first-order valence-corrected chi connectivity index (χ1v) is 12.8. The molecule has 2 heterocycles. The molecule has 7 heteroatoms. The fraction of sp³-hybridized carbons (Fsp3) is 0.952. The van der Waals surface area contributed by atoms with Crippen LogP contribution in [0.25, 0.3) is 0 Å². The zero-order valence-corrected chi connectivity index (χ0v) is 18.6. The van der Waals surface area contributed by atoms with Gasteiger partial charge in [0.25, 0.3) is 10.2 Å². The predicted molar refractivity (Wildman–Crippen MR) is 112 cm³/mol. The molecule has 3 atom stereocenters. The number of amides is 1. The van der Waals surface area contributed by atoms with Crippen LogP contribution >= 0.6 is 0 Å². The molecule has 0 aromatic carbocycles. The van der Waals surface area contributed by atoms with Gasteiger partial charge in [0.15, 0.2) is 0 Å². The molecule has 6 nitrogen and oxygen atoms in total. The normalized spacial score (nSPS) is 32.4. The van der Waals surface area contributed by atoms with Crippen molar-refractivity contribution in [2.75, 3.05) is 26.2 Å². The lowest BCUT2D eigenvalue weighted by Gasteiger charge is -2.39. The molecule has 2 saturated heterocycles. The van der Waals surface area contributed by atoms with Crippen LogP contribution in [0.15, 0.2) is 0 Å². The van der Waals surface area contributed by atoms with E-state index >= 15 is 0 Å². The molecule has 0 unspecified atom stereocenters. The van der Waals surface area contributed by atoms with Crippen molar-refractivity contribution in [1.29, 1.82) is 0 Å². The monoisotopic (exact) mass is 413 g/mol. The summed E-state index contributed by atoms with van der Waals surface area (Å²) < 4.78 is 29.6. The molecule has 0 aromatic heterocycles. The third-order valence-corrected chi connectivity index (χ3v) is 8.63. The molecule has 3 fully saturated rings. The van der Waals surface area contributed by atoms with E-state index in [4.69, 9.17) is 0 Å². The summed E-state index contributed by atoms with van der Waals surface area (Å²) in [4.78, 5) is 12.9. The van der Waals surface area contributed by atoms with Gasteiger partial charge in [-0.2, -0.15) is 17.0 Å². The van der Waals surface area contributed by atoms with E-state index in [0.29, 0.717) is 38.0 Å². The number of rotatable bonds is 4. The number of carbonyl (C=O) groups is 1. The van der Waals surface area contributed by atoms with Crippen molar-refractivity contribution in [3.05, 3.63) is 0 Å². The minimum absolute atomic E-state index is 0.0610. The number of nitrogens with zero attached hydrogens (tertiary/aromatic N) is 2. The Bertz CT molecular complexity index is 606. The van der Waals surface area contributed by atoms with Crippen molar-refractivity contribution in [3.63, 3.8) is 0 Å². The summed E-state index contributed by atoms with van der Waals surface area (Å²) >= 11 is 0. The molecule has 3 rings (SSSR count). The topological polar surface area (TPSA) is 69.7 Å². The molecular weight excluding hydrogens is 374 g/mol. The molecule has 1 aliphatic carbocycles. The highest BCUT2D eigenvalue weighted by molar-refractivity contribution is 7.86. The third-order valence-electron chi connectivity index (χ3n) is 6.69. The number of hydrogen-bond donors (Lipinski definition) is 1. The molecule has 0 spiro atoms. The maximum Gasteiger partial charge on any atom is 0.282 e. The number of nitrogens with one attached hydrogen (secondary N) is 1. The van der Waals surface area contributed by atoms with Crippen LogP contribution in [0.4, 0.5) is 0 Å². The first kappa shape index (κ1) is 22.0. The maximum absolute atomic E-state index is 13.2. The summed E-state index contributed by atoms with van der Waals surface area (Å²) in [6.45, 7) is 6.32. The molecular formula is C21H39N3O3S. The Hall–Kier alpha value is -0.660. The van der Waals surface area contributed by atoms with Crippen LogP contribution in [0.3, 0.4) is 0 Å². The van der Waals surface area contributed by atoms with Crippen LogP contribution < -0.4 is 5.32 Å². The van der Waals surface area contributed by atoms with Crippen molar-refractivity contribution in [1.82, 2.24) is 13.9 Å². The van der Waals surface area contributed by atoms with Gasteiger partial charge in [-0.25, -0.2) is 0 Å². The van der Waals surface area contributed by atoms with Gasteiger partial charge in [0.05, 0.1) is 5.92 Å². The van der Waals surface area contributed by atoms with Crippen LogP contribution in [-0.2, 0) is 15.0 Å². The molecule has 1 N–H and O–H groups in total. The largest absolute Gasteiger partial charge is 0.353 e. The number of carbonyl (C=O) groups excluding carboxylic acids is 1. The highest BCUT2D eigenvalue weighted by Crippen LogP contribution is 2.28. The lowest BCUT2D eigenvalue weighted by molar-refractivity contribution is -0.127. The smallest absolute Gasteiger partial charge is 0.282 e. The lowest BCUT2D eigenvalue weighted by atomic mass is 9.94. The Morgan fingerprint density at radius 1 is 0.821 bits per heavy atom. The fourth-order valence-corrected chi connectivity index (χ4v) is 7.18. The maximum atomic E-state index is 13.2. The molecule has 3 aliphatic rings. The summed E-state index contributed by atoms with van der Waals surface area (Å²) in [7, 11) is -3.47. The second-order valence-corrected chi connectivity index (χ2v) is 11.4. The van der Waals surface area contributed by atoms with Crippen LogP contribution in [0, 0.1) is 17.8 Å². The molecule has 0 bridgehead atoms. The quantitative estimate of drug-likeness (QED) is 0.770. The van der Waals surface area contributed by atoms with Crippen LogP contribution in [0.1, 0.15) is 78.1 Å². The van der Waals surface area contributed by atoms with Crippen molar-refractivity contribution in [2.24, 2.45) is 17.8 Å². The molecule has 162 valence electrons. The summed E-state index contributed by atoms with van der Waals surface area (Å²) in [6, 6.07) is 0.267. The first-order chi connectivity index (χ1) is 13.4. The average molecular weight is 414 g/mol. The Labute approximate surface area is 171 Å². The summed E-state index contributed by atoms with van der Waals surface area (Å²) in [5.74, 6) is 0.628. The van der Waals surface area contributed by atoms with Crippen molar-refractivity contribution >= 4 is 16.1 Å². The van der Waals surface area contributed by atoms with Gasteiger partial charge in [-0.05, 0) is 43.9 Å². The Morgan fingerprint density at radius 3 is 2.07 bits per heavy atom. The Morgan fingerprint density at radius 2 is 1.43 bits per heavy atom. The molecule has 0 radical (unpaired) electrons. The van der Waals surface area contributed by atoms with Crippen LogP contribution in [0.5, 0.6) is 0 Å². The third kappa shape index (κ3) is 5.70. The zero-order valence-electron chi connectivity index (χ0n) is 17.7. The summed E-state index contributed by atoms with van der Waals surface area (Å²) in [6.07, 6.45) is 10.9.